The van der Waals surface area contributed by atoms with Crippen molar-refractivity contribution in [3.63, 3.8) is 0 Å². The van der Waals surface area contributed by atoms with Gasteiger partial charge < -0.3 is 9.67 Å². The third kappa shape index (κ3) is 3.56. The summed E-state index contributed by atoms with van der Waals surface area (Å²) in [6.45, 7) is 0.300. The summed E-state index contributed by atoms with van der Waals surface area (Å²) in [6.07, 6.45) is 3.20. The van der Waals surface area contributed by atoms with Gasteiger partial charge in [0.05, 0.1) is 10.4 Å². The van der Waals surface area contributed by atoms with Crippen LogP contribution in [0.4, 0.5) is 4.39 Å². The van der Waals surface area contributed by atoms with Crippen LogP contribution in [0.2, 0.25) is 5.02 Å². The lowest BCUT2D eigenvalue weighted by molar-refractivity contribution is -0.131. The van der Waals surface area contributed by atoms with Crippen molar-refractivity contribution in [1.82, 2.24) is 4.57 Å². The van der Waals surface area contributed by atoms with Gasteiger partial charge in [-0.3, -0.25) is 0 Å². The molecule has 0 amide bonds. The van der Waals surface area contributed by atoms with E-state index in [0.717, 1.165) is 29.5 Å². The zero-order chi connectivity index (χ0) is 20.9. The molecule has 4 rings (SSSR count). The van der Waals surface area contributed by atoms with Crippen LogP contribution >= 0.6 is 11.6 Å². The van der Waals surface area contributed by atoms with Crippen LogP contribution in [0.3, 0.4) is 0 Å². The standard InChI is InChI=1S/C21H17ClFNO4S/c1-29(27,28)18-10-15(23)9-17-16-7-4-13(8-19(25)26)20(16)24(21(17)18)11-12-2-5-14(22)6-3-12/h2-3,5-6,8-10H,4,7,11H2,1H3,(H,25,26)/b13-8+. The van der Waals surface area contributed by atoms with E-state index in [-0.39, 0.29) is 4.90 Å². The maximum absolute atomic E-state index is 14.3. The first-order chi connectivity index (χ1) is 13.6. The minimum atomic E-state index is -3.72. The van der Waals surface area contributed by atoms with Gasteiger partial charge in [0.25, 0.3) is 0 Å². The molecule has 0 atom stereocenters. The van der Waals surface area contributed by atoms with E-state index in [1.165, 1.54) is 6.07 Å². The quantitative estimate of drug-likeness (QED) is 0.622. The second-order valence-electron chi connectivity index (χ2n) is 7.12. The molecule has 2 aromatic carbocycles. The van der Waals surface area contributed by atoms with Gasteiger partial charge in [0.15, 0.2) is 9.84 Å². The monoisotopic (exact) mass is 433 g/mol. The van der Waals surface area contributed by atoms with Crippen molar-refractivity contribution in [2.24, 2.45) is 0 Å². The van der Waals surface area contributed by atoms with Crippen LogP contribution in [0, 0.1) is 5.82 Å². The number of aliphatic carboxylic acids is 1. The van der Waals surface area contributed by atoms with Crippen LogP contribution in [-0.2, 0) is 27.6 Å². The predicted molar refractivity (Wildman–Crippen MR) is 109 cm³/mol. The predicted octanol–water partition coefficient (Wildman–Crippen LogP) is 4.30. The molecule has 1 aliphatic rings. The van der Waals surface area contributed by atoms with Crippen molar-refractivity contribution in [3.8, 4) is 0 Å². The van der Waals surface area contributed by atoms with E-state index in [2.05, 4.69) is 0 Å². The maximum atomic E-state index is 14.3. The second-order valence-corrected chi connectivity index (χ2v) is 9.54. The molecule has 0 aliphatic heterocycles. The first kappa shape index (κ1) is 19.7. The number of halogens is 2. The number of sulfone groups is 1. The Morgan fingerprint density at radius 1 is 1.24 bits per heavy atom. The number of carboxylic acids is 1. The summed E-state index contributed by atoms with van der Waals surface area (Å²) in [7, 11) is -3.72. The first-order valence-electron chi connectivity index (χ1n) is 8.88. The van der Waals surface area contributed by atoms with Gasteiger partial charge in [0, 0.05) is 35.0 Å². The van der Waals surface area contributed by atoms with Gasteiger partial charge in [0.1, 0.15) is 5.82 Å². The highest BCUT2D eigenvalue weighted by atomic mass is 35.5. The maximum Gasteiger partial charge on any atom is 0.328 e. The fourth-order valence-electron chi connectivity index (χ4n) is 3.99. The Morgan fingerprint density at radius 3 is 2.55 bits per heavy atom. The van der Waals surface area contributed by atoms with Gasteiger partial charge in [-0.05, 0) is 53.8 Å². The molecule has 1 heterocycles. The number of carboxylic acid groups (broad SMARTS) is 1. The Balaban J connectivity index is 2.08. The average Bonchev–Trinajstić information content (AvgIpc) is 3.15. The Bertz CT molecular complexity index is 1290. The molecule has 1 aromatic heterocycles. The van der Waals surface area contributed by atoms with Gasteiger partial charge in [-0.15, -0.1) is 0 Å². The van der Waals surface area contributed by atoms with Gasteiger partial charge in [-0.1, -0.05) is 23.7 Å². The number of allylic oxidation sites excluding steroid dienone is 1. The minimum Gasteiger partial charge on any atom is -0.478 e. The fraction of sp³-hybridized carbons (Fsp3) is 0.190. The molecule has 8 heteroatoms. The first-order valence-corrected chi connectivity index (χ1v) is 11.1. The van der Waals surface area contributed by atoms with Gasteiger partial charge in [0.2, 0.25) is 0 Å². The summed E-state index contributed by atoms with van der Waals surface area (Å²) >= 11 is 5.96. The highest BCUT2D eigenvalue weighted by Gasteiger charge is 2.30. The highest BCUT2D eigenvalue weighted by Crippen LogP contribution is 2.42. The molecule has 0 spiro atoms. The van der Waals surface area contributed by atoms with Crippen molar-refractivity contribution in [2.75, 3.05) is 6.26 Å². The van der Waals surface area contributed by atoms with Crippen LogP contribution in [0.25, 0.3) is 16.5 Å². The molecule has 150 valence electrons. The summed E-state index contributed by atoms with van der Waals surface area (Å²) in [4.78, 5) is 11.2. The average molecular weight is 434 g/mol. The Hall–Kier alpha value is -2.64. The molecule has 0 saturated heterocycles. The number of rotatable bonds is 4. The normalized spacial score (nSPS) is 15.2. The zero-order valence-electron chi connectivity index (χ0n) is 15.4. The number of carbonyl (C=O) groups is 1. The molecule has 5 nitrogen and oxygen atoms in total. The number of aromatic nitrogens is 1. The van der Waals surface area contributed by atoms with E-state index < -0.39 is 21.6 Å². The van der Waals surface area contributed by atoms with E-state index in [9.17, 15) is 22.7 Å². The Labute approximate surface area is 171 Å². The molecule has 0 fully saturated rings. The van der Waals surface area contributed by atoms with Gasteiger partial charge >= 0.3 is 5.97 Å². The number of aryl methyl sites for hydroxylation is 1. The zero-order valence-corrected chi connectivity index (χ0v) is 17.0. The third-order valence-electron chi connectivity index (χ3n) is 5.09. The fourth-order valence-corrected chi connectivity index (χ4v) is 5.01. The van der Waals surface area contributed by atoms with Gasteiger partial charge in [-0.2, -0.15) is 0 Å². The number of hydrogen-bond acceptors (Lipinski definition) is 3. The molecule has 0 saturated carbocycles. The lowest BCUT2D eigenvalue weighted by atomic mass is 10.1. The van der Waals surface area contributed by atoms with Crippen LogP contribution in [0.5, 0.6) is 0 Å². The van der Waals surface area contributed by atoms with Crippen LogP contribution in [0.1, 0.15) is 23.2 Å². The summed E-state index contributed by atoms with van der Waals surface area (Å²) < 4.78 is 40.9. The van der Waals surface area contributed by atoms with Crippen molar-refractivity contribution >= 4 is 43.9 Å². The van der Waals surface area contributed by atoms with E-state index in [1.54, 1.807) is 16.7 Å². The summed E-state index contributed by atoms with van der Waals surface area (Å²) in [5, 5.41) is 10.3. The molecular formula is C21H17ClFNO4S. The second kappa shape index (κ2) is 7.00. The third-order valence-corrected chi connectivity index (χ3v) is 6.45. The molecular weight excluding hydrogens is 417 g/mol. The smallest absolute Gasteiger partial charge is 0.328 e. The largest absolute Gasteiger partial charge is 0.478 e. The molecule has 1 N–H and O–H groups in total. The minimum absolute atomic E-state index is 0.106. The number of nitrogens with zero attached hydrogens (tertiary/aromatic N) is 1. The summed E-state index contributed by atoms with van der Waals surface area (Å²) in [5.41, 5.74) is 3.26. The Kier molecular flexibility index (Phi) is 4.75. The number of benzene rings is 2. The molecule has 3 aromatic rings. The highest BCUT2D eigenvalue weighted by molar-refractivity contribution is 7.91. The lowest BCUT2D eigenvalue weighted by Gasteiger charge is -2.14. The van der Waals surface area contributed by atoms with Crippen molar-refractivity contribution in [2.45, 2.75) is 24.3 Å². The van der Waals surface area contributed by atoms with E-state index in [1.807, 2.05) is 12.1 Å². The number of fused-ring (bicyclic) bond motifs is 3. The molecule has 0 bridgehead atoms. The van der Waals surface area contributed by atoms with Crippen molar-refractivity contribution < 1.29 is 22.7 Å². The SMILES string of the molecule is CS(=O)(=O)c1cc(F)cc2c3c(n(Cc4ccc(Cl)cc4)c12)/C(=C/C(=O)O)CC3. The summed E-state index contributed by atoms with van der Waals surface area (Å²) in [5.74, 6) is -1.72. The molecule has 0 radical (unpaired) electrons. The van der Waals surface area contributed by atoms with Crippen LogP contribution in [0.15, 0.2) is 47.4 Å². The van der Waals surface area contributed by atoms with Crippen LogP contribution < -0.4 is 0 Å². The molecule has 29 heavy (non-hydrogen) atoms. The number of hydrogen-bond donors (Lipinski definition) is 1. The topological polar surface area (TPSA) is 76.4 Å². The molecule has 1 aliphatic carbocycles. The molecule has 0 unspecified atom stereocenters. The van der Waals surface area contributed by atoms with Crippen molar-refractivity contribution in [3.05, 3.63) is 70.1 Å². The Morgan fingerprint density at radius 2 is 1.93 bits per heavy atom. The van der Waals surface area contributed by atoms with Crippen LogP contribution in [-0.4, -0.2) is 30.3 Å². The van der Waals surface area contributed by atoms with E-state index in [0.29, 0.717) is 46.6 Å². The lowest BCUT2D eigenvalue weighted by Crippen LogP contribution is -2.08. The van der Waals surface area contributed by atoms with Crippen molar-refractivity contribution in [1.29, 1.82) is 0 Å². The summed E-state index contributed by atoms with van der Waals surface area (Å²) in [6, 6.07) is 9.44. The van der Waals surface area contributed by atoms with E-state index >= 15 is 0 Å². The van der Waals surface area contributed by atoms with Gasteiger partial charge in [-0.25, -0.2) is 17.6 Å². The van der Waals surface area contributed by atoms with E-state index in [4.69, 9.17) is 11.6 Å².